The Balaban J connectivity index is 2.12. The molecule has 3 heteroatoms. The number of hydrogen-bond donors (Lipinski definition) is 1. The molecule has 1 aromatic rings. The molecule has 100 valence electrons. The van der Waals surface area contributed by atoms with Crippen LogP contribution in [-0.4, -0.2) is 13.1 Å². The second kappa shape index (κ2) is 5.70. The van der Waals surface area contributed by atoms with E-state index >= 15 is 0 Å². The Kier molecular flexibility index (Phi) is 4.44. The first-order valence-electron chi connectivity index (χ1n) is 6.66. The van der Waals surface area contributed by atoms with E-state index in [-0.39, 0.29) is 5.82 Å². The van der Waals surface area contributed by atoms with Crippen molar-refractivity contribution in [3.63, 3.8) is 0 Å². The molecule has 1 aliphatic carbocycles. The van der Waals surface area contributed by atoms with Gasteiger partial charge >= 0.3 is 0 Å². The van der Waals surface area contributed by atoms with Crippen molar-refractivity contribution in [1.82, 2.24) is 5.32 Å². The van der Waals surface area contributed by atoms with Crippen LogP contribution in [0.1, 0.15) is 38.2 Å². The summed E-state index contributed by atoms with van der Waals surface area (Å²) in [6.45, 7) is 2.37. The number of halogens is 2. The predicted molar refractivity (Wildman–Crippen MR) is 77.2 cm³/mol. The van der Waals surface area contributed by atoms with Crippen molar-refractivity contribution in [2.75, 3.05) is 7.05 Å². The number of nitrogens with one attached hydrogen (secondary N) is 1. The first kappa shape index (κ1) is 14.0. The number of benzene rings is 1. The van der Waals surface area contributed by atoms with Crippen LogP contribution in [0.2, 0.25) is 0 Å². The summed E-state index contributed by atoms with van der Waals surface area (Å²) in [5.41, 5.74) is 1.58. The van der Waals surface area contributed by atoms with E-state index in [2.05, 4.69) is 28.2 Å². The largest absolute Gasteiger partial charge is 0.316 e. The fraction of sp³-hybridized carbons (Fsp3) is 0.600. The van der Waals surface area contributed by atoms with E-state index < -0.39 is 0 Å². The molecule has 0 aromatic heterocycles. The molecule has 1 unspecified atom stereocenters. The maximum absolute atomic E-state index is 13.2. The molecule has 1 aliphatic rings. The third-order valence-corrected chi connectivity index (χ3v) is 4.97. The molecule has 0 bridgehead atoms. The van der Waals surface area contributed by atoms with E-state index in [9.17, 15) is 4.39 Å². The summed E-state index contributed by atoms with van der Waals surface area (Å²) in [7, 11) is 2.03. The zero-order valence-corrected chi connectivity index (χ0v) is 12.7. The number of hydrogen-bond acceptors (Lipinski definition) is 1. The van der Waals surface area contributed by atoms with Gasteiger partial charge in [-0.25, -0.2) is 4.39 Å². The van der Waals surface area contributed by atoms with E-state index in [1.165, 1.54) is 31.2 Å². The van der Waals surface area contributed by atoms with E-state index in [0.29, 0.717) is 15.9 Å². The van der Waals surface area contributed by atoms with Crippen molar-refractivity contribution in [2.24, 2.45) is 5.41 Å². The molecule has 18 heavy (non-hydrogen) atoms. The second-order valence-corrected chi connectivity index (χ2v) is 6.51. The highest BCUT2D eigenvalue weighted by Crippen LogP contribution is 2.41. The van der Waals surface area contributed by atoms with Crippen LogP contribution in [0.5, 0.6) is 0 Å². The maximum atomic E-state index is 13.2. The minimum absolute atomic E-state index is 0.188. The minimum Gasteiger partial charge on any atom is -0.316 e. The van der Waals surface area contributed by atoms with Gasteiger partial charge in [-0.2, -0.15) is 0 Å². The first-order chi connectivity index (χ1) is 8.55. The van der Waals surface area contributed by atoms with Crippen molar-refractivity contribution in [3.05, 3.63) is 34.1 Å². The van der Waals surface area contributed by atoms with Gasteiger partial charge in [0.1, 0.15) is 5.82 Å². The van der Waals surface area contributed by atoms with Crippen LogP contribution in [0.15, 0.2) is 22.7 Å². The molecular formula is C15H21BrFN. The minimum atomic E-state index is -0.188. The highest BCUT2D eigenvalue weighted by atomic mass is 79.9. The molecule has 0 aliphatic heterocycles. The average molecular weight is 314 g/mol. The summed E-state index contributed by atoms with van der Waals surface area (Å²) >= 11 is 3.26. The van der Waals surface area contributed by atoms with Gasteiger partial charge in [0, 0.05) is 6.04 Å². The van der Waals surface area contributed by atoms with E-state index in [4.69, 9.17) is 0 Å². The van der Waals surface area contributed by atoms with Gasteiger partial charge in [-0.1, -0.05) is 25.8 Å². The van der Waals surface area contributed by atoms with Crippen molar-refractivity contribution in [3.8, 4) is 0 Å². The van der Waals surface area contributed by atoms with Crippen LogP contribution in [0.4, 0.5) is 4.39 Å². The lowest BCUT2D eigenvalue weighted by molar-refractivity contribution is 0.229. The quantitative estimate of drug-likeness (QED) is 0.874. The monoisotopic (exact) mass is 313 g/mol. The number of rotatable bonds is 4. The highest BCUT2D eigenvalue weighted by Gasteiger charge is 2.35. The van der Waals surface area contributed by atoms with Gasteiger partial charge in [0.25, 0.3) is 0 Å². The van der Waals surface area contributed by atoms with Gasteiger partial charge in [-0.15, -0.1) is 0 Å². The summed E-state index contributed by atoms with van der Waals surface area (Å²) in [5, 5.41) is 3.46. The third-order valence-electron chi connectivity index (χ3n) is 4.36. The second-order valence-electron chi connectivity index (χ2n) is 5.65. The van der Waals surface area contributed by atoms with Crippen molar-refractivity contribution in [1.29, 1.82) is 0 Å². The Hall–Kier alpha value is -0.410. The fourth-order valence-corrected chi connectivity index (χ4v) is 3.56. The molecular weight excluding hydrogens is 293 g/mol. The van der Waals surface area contributed by atoms with Crippen LogP contribution in [0, 0.1) is 11.2 Å². The lowest BCUT2D eigenvalue weighted by Crippen LogP contribution is -2.41. The predicted octanol–water partition coefficient (Wildman–Crippen LogP) is 4.30. The zero-order valence-electron chi connectivity index (χ0n) is 11.1. The van der Waals surface area contributed by atoms with Crippen LogP contribution < -0.4 is 5.32 Å². The van der Waals surface area contributed by atoms with Crippen LogP contribution in [-0.2, 0) is 6.42 Å². The molecule has 1 saturated carbocycles. The summed E-state index contributed by atoms with van der Waals surface area (Å²) in [5.74, 6) is -0.188. The molecule has 2 rings (SSSR count). The van der Waals surface area contributed by atoms with Gasteiger partial charge in [0.15, 0.2) is 0 Å². The first-order valence-corrected chi connectivity index (χ1v) is 7.46. The number of likely N-dealkylation sites (N-methyl/N-ethyl adjacent to an activating group) is 1. The van der Waals surface area contributed by atoms with E-state index in [1.54, 1.807) is 6.07 Å². The molecule has 0 saturated heterocycles. The van der Waals surface area contributed by atoms with Gasteiger partial charge < -0.3 is 5.32 Å². The zero-order chi connectivity index (χ0) is 13.2. The lowest BCUT2D eigenvalue weighted by Gasteiger charge is -2.34. The summed E-state index contributed by atoms with van der Waals surface area (Å²) in [6.07, 6.45) is 6.22. The molecule has 1 aromatic carbocycles. The van der Waals surface area contributed by atoms with Crippen LogP contribution >= 0.6 is 15.9 Å². The lowest BCUT2D eigenvalue weighted by atomic mass is 9.78. The Bertz CT molecular complexity index is 413. The van der Waals surface area contributed by atoms with Gasteiger partial charge in [-0.3, -0.25) is 0 Å². The molecule has 0 heterocycles. The summed E-state index contributed by atoms with van der Waals surface area (Å²) in [4.78, 5) is 0. The molecule has 1 atom stereocenters. The average Bonchev–Trinajstić information content (AvgIpc) is 2.78. The molecule has 1 nitrogen and oxygen atoms in total. The Labute approximate surface area is 117 Å². The normalized spacial score (nSPS) is 20.0. The van der Waals surface area contributed by atoms with Crippen molar-refractivity contribution >= 4 is 15.9 Å². The Morgan fingerprint density at radius 3 is 2.61 bits per heavy atom. The SMILES string of the molecule is CNC(Cc1ccc(F)c(Br)c1)C1(C)CCCC1. The van der Waals surface area contributed by atoms with E-state index in [0.717, 1.165) is 6.42 Å². The third kappa shape index (κ3) is 2.94. The molecule has 1 fully saturated rings. The summed E-state index contributed by atoms with van der Waals surface area (Å²) < 4.78 is 13.8. The van der Waals surface area contributed by atoms with Crippen molar-refractivity contribution < 1.29 is 4.39 Å². The summed E-state index contributed by atoms with van der Waals surface area (Å²) in [6, 6.07) is 5.81. The van der Waals surface area contributed by atoms with Gasteiger partial charge in [-0.05, 0) is 65.4 Å². The van der Waals surface area contributed by atoms with Crippen LogP contribution in [0.3, 0.4) is 0 Å². The molecule has 0 amide bonds. The highest BCUT2D eigenvalue weighted by molar-refractivity contribution is 9.10. The van der Waals surface area contributed by atoms with Gasteiger partial charge in [0.2, 0.25) is 0 Å². The van der Waals surface area contributed by atoms with Crippen molar-refractivity contribution in [2.45, 2.75) is 45.1 Å². The molecule has 1 N–H and O–H groups in total. The fourth-order valence-electron chi connectivity index (χ4n) is 3.13. The maximum Gasteiger partial charge on any atom is 0.137 e. The molecule has 0 spiro atoms. The standard InChI is InChI=1S/C15H21BrFN/c1-15(7-3-4-8-15)14(18-2)10-11-5-6-13(17)12(16)9-11/h5-6,9,14,18H,3-4,7-8,10H2,1-2H3. The Morgan fingerprint density at radius 1 is 1.39 bits per heavy atom. The van der Waals surface area contributed by atoms with Gasteiger partial charge in [0.05, 0.1) is 4.47 Å². The smallest absolute Gasteiger partial charge is 0.137 e. The topological polar surface area (TPSA) is 12.0 Å². The van der Waals surface area contributed by atoms with Crippen LogP contribution in [0.25, 0.3) is 0 Å². The molecule has 0 radical (unpaired) electrons. The van der Waals surface area contributed by atoms with E-state index in [1.807, 2.05) is 19.2 Å². The Morgan fingerprint density at radius 2 is 2.06 bits per heavy atom.